The smallest absolute Gasteiger partial charge is 0.240 e. The lowest BCUT2D eigenvalue weighted by atomic mass is 10.2. The molecule has 0 bridgehead atoms. The highest BCUT2D eigenvalue weighted by Crippen LogP contribution is 2.09. The minimum absolute atomic E-state index is 0.0752. The Bertz CT molecular complexity index is 648. The van der Waals surface area contributed by atoms with Gasteiger partial charge >= 0.3 is 0 Å². The molecule has 0 spiro atoms. The Kier molecular flexibility index (Phi) is 4.94. The quantitative estimate of drug-likeness (QED) is 0.740. The van der Waals surface area contributed by atoms with Gasteiger partial charge in [0.2, 0.25) is 5.91 Å². The summed E-state index contributed by atoms with van der Waals surface area (Å²) in [5.74, 6) is -0.176. The third kappa shape index (κ3) is 3.69. The molecule has 0 saturated carbocycles. The van der Waals surface area contributed by atoms with Crippen LogP contribution in [0.25, 0.3) is 0 Å². The second-order valence-electron chi connectivity index (χ2n) is 4.23. The average molecular weight is 312 g/mol. The predicted molar refractivity (Wildman–Crippen MR) is 78.8 cm³/mol. The summed E-state index contributed by atoms with van der Waals surface area (Å²) in [6.45, 7) is 0.325. The van der Waals surface area contributed by atoms with Gasteiger partial charge in [-0.1, -0.05) is 23.7 Å². The average Bonchev–Trinajstić information content (AvgIpc) is 2.79. The van der Waals surface area contributed by atoms with Crippen molar-refractivity contribution >= 4 is 29.7 Å². The van der Waals surface area contributed by atoms with E-state index in [1.165, 1.54) is 0 Å². The molecule has 106 valence electrons. The van der Waals surface area contributed by atoms with Gasteiger partial charge in [0.1, 0.15) is 6.54 Å². The van der Waals surface area contributed by atoms with E-state index in [0.29, 0.717) is 22.0 Å². The summed E-state index contributed by atoms with van der Waals surface area (Å²) in [6, 6.07) is 7.25. The minimum atomic E-state index is -0.176. The van der Waals surface area contributed by atoms with Gasteiger partial charge in [0.25, 0.3) is 0 Å². The SMILES string of the molecule is O=C(Cn1c(CO)c[nH]c1=S)NCc1ccc(Cl)cc1. The molecule has 0 aliphatic carbocycles. The zero-order valence-electron chi connectivity index (χ0n) is 10.6. The first-order chi connectivity index (χ1) is 9.60. The highest BCUT2D eigenvalue weighted by Gasteiger charge is 2.08. The van der Waals surface area contributed by atoms with Crippen molar-refractivity contribution in [3.8, 4) is 0 Å². The van der Waals surface area contributed by atoms with Crippen LogP contribution in [0.5, 0.6) is 0 Å². The van der Waals surface area contributed by atoms with E-state index < -0.39 is 0 Å². The summed E-state index contributed by atoms with van der Waals surface area (Å²) in [5.41, 5.74) is 1.54. The van der Waals surface area contributed by atoms with Crippen molar-refractivity contribution < 1.29 is 9.90 Å². The molecule has 0 radical (unpaired) electrons. The summed E-state index contributed by atoms with van der Waals surface area (Å²) in [6.07, 6.45) is 1.59. The number of aliphatic hydroxyl groups excluding tert-OH is 1. The Labute approximate surface area is 126 Å². The first-order valence-corrected chi connectivity index (χ1v) is 6.78. The normalized spacial score (nSPS) is 10.5. The van der Waals surface area contributed by atoms with Gasteiger partial charge in [-0.15, -0.1) is 0 Å². The lowest BCUT2D eigenvalue weighted by Crippen LogP contribution is -2.27. The zero-order valence-corrected chi connectivity index (χ0v) is 12.2. The van der Waals surface area contributed by atoms with E-state index in [2.05, 4.69) is 10.3 Å². The number of hydrogen-bond acceptors (Lipinski definition) is 3. The van der Waals surface area contributed by atoms with Crippen LogP contribution in [0.15, 0.2) is 30.5 Å². The molecular formula is C13H14ClN3O2S. The molecule has 0 saturated heterocycles. The van der Waals surface area contributed by atoms with Crippen LogP contribution >= 0.6 is 23.8 Å². The Hall–Kier alpha value is -1.63. The number of amides is 1. The fraction of sp³-hybridized carbons (Fsp3) is 0.231. The number of aromatic nitrogens is 2. The number of halogens is 1. The summed E-state index contributed by atoms with van der Waals surface area (Å²) >= 11 is 10.8. The van der Waals surface area contributed by atoms with Gasteiger partial charge in [0, 0.05) is 17.8 Å². The number of rotatable bonds is 5. The summed E-state index contributed by atoms with van der Waals surface area (Å²) < 4.78 is 1.97. The van der Waals surface area contributed by atoms with Crippen LogP contribution in [-0.2, 0) is 24.5 Å². The fourth-order valence-corrected chi connectivity index (χ4v) is 2.10. The van der Waals surface area contributed by atoms with Crippen molar-refractivity contribution in [3.05, 3.63) is 51.5 Å². The Morgan fingerprint density at radius 3 is 2.75 bits per heavy atom. The van der Waals surface area contributed by atoms with Crippen LogP contribution in [0.4, 0.5) is 0 Å². The second-order valence-corrected chi connectivity index (χ2v) is 5.06. The highest BCUT2D eigenvalue weighted by atomic mass is 35.5. The molecular weight excluding hydrogens is 298 g/mol. The number of benzene rings is 1. The van der Waals surface area contributed by atoms with Gasteiger partial charge < -0.3 is 20.0 Å². The second kappa shape index (κ2) is 6.69. The standard InChI is InChI=1S/C13H14ClN3O2S/c14-10-3-1-9(2-4-10)5-15-12(19)7-17-11(8-18)6-16-13(17)20/h1-4,6,18H,5,7-8H2,(H,15,19)(H,16,20). The third-order valence-corrected chi connectivity index (χ3v) is 3.41. The van der Waals surface area contributed by atoms with Crippen LogP contribution in [0.1, 0.15) is 11.3 Å². The van der Waals surface area contributed by atoms with Gasteiger partial charge in [0.05, 0.1) is 12.3 Å². The number of hydrogen-bond donors (Lipinski definition) is 3. The molecule has 0 fully saturated rings. The molecule has 20 heavy (non-hydrogen) atoms. The van der Waals surface area contributed by atoms with Crippen molar-refractivity contribution in [2.75, 3.05) is 0 Å². The number of nitrogens with zero attached hydrogens (tertiary/aromatic N) is 1. The maximum Gasteiger partial charge on any atom is 0.240 e. The lowest BCUT2D eigenvalue weighted by Gasteiger charge is -2.08. The Morgan fingerprint density at radius 1 is 1.40 bits per heavy atom. The minimum Gasteiger partial charge on any atom is -0.390 e. The molecule has 3 N–H and O–H groups in total. The van der Waals surface area contributed by atoms with Gasteiger partial charge in [-0.05, 0) is 29.9 Å². The first kappa shape index (κ1) is 14.8. The number of nitrogens with one attached hydrogen (secondary N) is 2. The topological polar surface area (TPSA) is 70.0 Å². The van der Waals surface area contributed by atoms with Crippen molar-refractivity contribution in [2.45, 2.75) is 19.7 Å². The van der Waals surface area contributed by atoms with Crippen LogP contribution in [0.3, 0.4) is 0 Å². The molecule has 0 aliphatic heterocycles. The van der Waals surface area contributed by atoms with Crippen LogP contribution in [0.2, 0.25) is 5.02 Å². The molecule has 1 aromatic carbocycles. The van der Waals surface area contributed by atoms with E-state index in [1.807, 2.05) is 12.1 Å². The number of carbonyl (C=O) groups excluding carboxylic acids is 1. The van der Waals surface area contributed by atoms with Crippen molar-refractivity contribution in [2.24, 2.45) is 0 Å². The van der Waals surface area contributed by atoms with E-state index in [4.69, 9.17) is 28.9 Å². The van der Waals surface area contributed by atoms with E-state index >= 15 is 0 Å². The number of carbonyl (C=O) groups is 1. The summed E-state index contributed by atoms with van der Waals surface area (Å²) in [7, 11) is 0. The lowest BCUT2D eigenvalue weighted by molar-refractivity contribution is -0.121. The maximum absolute atomic E-state index is 11.9. The third-order valence-electron chi connectivity index (χ3n) is 2.82. The van der Waals surface area contributed by atoms with E-state index in [0.717, 1.165) is 5.56 Å². The molecule has 1 amide bonds. The molecule has 7 heteroatoms. The number of aliphatic hydroxyl groups is 1. The van der Waals surface area contributed by atoms with E-state index in [9.17, 15) is 4.79 Å². The highest BCUT2D eigenvalue weighted by molar-refractivity contribution is 7.71. The molecule has 5 nitrogen and oxygen atoms in total. The van der Waals surface area contributed by atoms with Crippen molar-refractivity contribution in [1.29, 1.82) is 0 Å². The first-order valence-electron chi connectivity index (χ1n) is 5.99. The van der Waals surface area contributed by atoms with Gasteiger partial charge in [0.15, 0.2) is 4.77 Å². The Balaban J connectivity index is 1.94. The predicted octanol–water partition coefficient (Wildman–Crippen LogP) is 2.01. The van der Waals surface area contributed by atoms with Crippen LogP contribution < -0.4 is 5.32 Å². The fourth-order valence-electron chi connectivity index (χ4n) is 1.74. The molecule has 2 rings (SSSR count). The number of aromatic amines is 1. The van der Waals surface area contributed by atoms with Crippen LogP contribution in [-0.4, -0.2) is 20.6 Å². The van der Waals surface area contributed by atoms with Gasteiger partial charge in [-0.2, -0.15) is 0 Å². The summed E-state index contributed by atoms with van der Waals surface area (Å²) in [4.78, 5) is 14.7. The molecule has 1 heterocycles. The van der Waals surface area contributed by atoms with Gasteiger partial charge in [-0.3, -0.25) is 4.79 Å². The van der Waals surface area contributed by atoms with Crippen molar-refractivity contribution in [3.63, 3.8) is 0 Å². The Morgan fingerprint density at radius 2 is 2.10 bits per heavy atom. The molecule has 2 aromatic rings. The van der Waals surface area contributed by atoms with Crippen molar-refractivity contribution in [1.82, 2.24) is 14.9 Å². The largest absolute Gasteiger partial charge is 0.390 e. The molecule has 0 unspecified atom stereocenters. The molecule has 0 atom stereocenters. The van der Waals surface area contributed by atoms with E-state index in [1.54, 1.807) is 22.9 Å². The van der Waals surface area contributed by atoms with Gasteiger partial charge in [-0.25, -0.2) is 0 Å². The zero-order chi connectivity index (χ0) is 14.5. The van der Waals surface area contributed by atoms with E-state index in [-0.39, 0.29) is 19.1 Å². The molecule has 0 aliphatic rings. The number of H-pyrrole nitrogens is 1. The summed E-state index contributed by atoms with van der Waals surface area (Å²) in [5, 5.41) is 12.6. The molecule has 1 aromatic heterocycles. The monoisotopic (exact) mass is 311 g/mol. The maximum atomic E-state index is 11.9. The number of imidazole rings is 1. The van der Waals surface area contributed by atoms with Crippen LogP contribution in [0, 0.1) is 4.77 Å².